The third-order valence-corrected chi connectivity index (χ3v) is 4.91. The van der Waals surface area contributed by atoms with E-state index in [-0.39, 0.29) is 30.3 Å². The molecular weight excluding hydrogens is 298 g/mol. The van der Waals surface area contributed by atoms with Crippen molar-refractivity contribution in [1.29, 1.82) is 0 Å². The molecule has 8 heteroatoms. The Morgan fingerprint density at radius 2 is 2.17 bits per heavy atom. The van der Waals surface area contributed by atoms with Crippen molar-refractivity contribution in [2.24, 2.45) is 11.3 Å². The summed E-state index contributed by atoms with van der Waals surface area (Å²) in [7, 11) is 0. The van der Waals surface area contributed by atoms with Gasteiger partial charge in [-0.25, -0.2) is 15.0 Å². The Labute approximate surface area is 133 Å². The number of fused-ring (bicyclic) bond motifs is 3. The van der Waals surface area contributed by atoms with E-state index in [1.165, 1.54) is 6.33 Å². The normalized spacial score (nSPS) is 33.7. The van der Waals surface area contributed by atoms with Crippen LogP contribution in [-0.2, 0) is 9.47 Å². The lowest BCUT2D eigenvalue weighted by molar-refractivity contribution is -0.185. The minimum absolute atomic E-state index is 0.0664. The maximum Gasteiger partial charge on any atom is 0.167 e. The Morgan fingerprint density at radius 3 is 2.83 bits per heavy atom. The van der Waals surface area contributed by atoms with Gasteiger partial charge in [-0.3, -0.25) is 4.57 Å². The van der Waals surface area contributed by atoms with Gasteiger partial charge < -0.3 is 20.3 Å². The van der Waals surface area contributed by atoms with Crippen molar-refractivity contribution >= 4 is 17.0 Å². The van der Waals surface area contributed by atoms with E-state index in [1.807, 2.05) is 4.57 Å². The number of aliphatic hydroxyl groups is 1. The Morgan fingerprint density at radius 1 is 1.39 bits per heavy atom. The second-order valence-corrected chi connectivity index (χ2v) is 7.43. The van der Waals surface area contributed by atoms with Crippen LogP contribution in [0.1, 0.15) is 27.0 Å². The zero-order valence-corrected chi connectivity index (χ0v) is 13.4. The molecular formula is C15H21N5O3. The highest BCUT2D eigenvalue weighted by Gasteiger charge is 2.65. The summed E-state index contributed by atoms with van der Waals surface area (Å²) in [6.07, 6.45) is 2.50. The van der Waals surface area contributed by atoms with E-state index >= 15 is 0 Å². The lowest BCUT2D eigenvalue weighted by Crippen LogP contribution is -2.45. The second-order valence-electron chi connectivity index (χ2n) is 7.43. The molecule has 8 nitrogen and oxygen atoms in total. The molecule has 0 radical (unpaired) electrons. The second kappa shape index (κ2) is 4.62. The average Bonchev–Trinajstić information content (AvgIpc) is 3.16. The van der Waals surface area contributed by atoms with Crippen molar-refractivity contribution in [2.45, 2.75) is 38.7 Å². The molecule has 2 bridgehead atoms. The van der Waals surface area contributed by atoms with Crippen molar-refractivity contribution in [3.63, 3.8) is 0 Å². The van der Waals surface area contributed by atoms with Crippen LogP contribution in [0.5, 0.6) is 0 Å². The van der Waals surface area contributed by atoms with Crippen LogP contribution in [0.3, 0.4) is 0 Å². The Balaban J connectivity index is 1.81. The molecule has 0 amide bonds. The number of aliphatic hydroxyl groups excluding tert-OH is 1. The molecule has 0 aliphatic carbocycles. The van der Waals surface area contributed by atoms with Crippen LogP contribution in [0.25, 0.3) is 11.2 Å². The monoisotopic (exact) mass is 319 g/mol. The van der Waals surface area contributed by atoms with Gasteiger partial charge in [0, 0.05) is 5.92 Å². The van der Waals surface area contributed by atoms with Crippen LogP contribution < -0.4 is 5.73 Å². The van der Waals surface area contributed by atoms with E-state index in [4.69, 9.17) is 15.2 Å². The van der Waals surface area contributed by atoms with E-state index in [1.54, 1.807) is 6.33 Å². The molecule has 2 aliphatic rings. The molecule has 0 aromatic carbocycles. The van der Waals surface area contributed by atoms with Crippen molar-refractivity contribution in [2.75, 3.05) is 18.9 Å². The van der Waals surface area contributed by atoms with E-state index < -0.39 is 5.60 Å². The van der Waals surface area contributed by atoms with Gasteiger partial charge in [0.05, 0.1) is 19.5 Å². The van der Waals surface area contributed by atoms with Gasteiger partial charge in [0.1, 0.15) is 23.5 Å². The van der Waals surface area contributed by atoms with Crippen molar-refractivity contribution in [1.82, 2.24) is 19.5 Å². The Kier molecular flexibility index (Phi) is 2.97. The molecule has 0 spiro atoms. The smallest absolute Gasteiger partial charge is 0.167 e. The number of rotatable bonds is 2. The third kappa shape index (κ3) is 1.92. The number of ether oxygens (including phenoxy) is 2. The molecule has 23 heavy (non-hydrogen) atoms. The predicted molar refractivity (Wildman–Crippen MR) is 82.4 cm³/mol. The highest BCUT2D eigenvalue weighted by Crippen LogP contribution is 2.55. The molecule has 124 valence electrons. The number of nitrogen functional groups attached to an aromatic ring is 1. The first-order valence-electron chi connectivity index (χ1n) is 7.71. The number of anilines is 1. The minimum Gasteiger partial charge on any atom is -0.393 e. The van der Waals surface area contributed by atoms with Gasteiger partial charge in [0.25, 0.3) is 0 Å². The SMILES string of the molecule is CC(C)(C)C1C2OC[C@]1(CO)OC2n1cnc2c(N)ncnc21. The van der Waals surface area contributed by atoms with Crippen LogP contribution >= 0.6 is 0 Å². The topological polar surface area (TPSA) is 108 Å². The summed E-state index contributed by atoms with van der Waals surface area (Å²) in [6.45, 7) is 6.74. The van der Waals surface area contributed by atoms with E-state index in [9.17, 15) is 5.11 Å². The zero-order chi connectivity index (χ0) is 16.4. The standard InChI is InChI=1S/C15H21N5O3/c1-14(2,3)10-9-13(23-15(10,4-21)5-22-9)20-7-19-8-11(16)17-6-18-12(8)20/h6-7,9-10,13,21H,4-5H2,1-3H3,(H2,16,17,18)/t9?,10?,13?,15-/m0/s1. The van der Waals surface area contributed by atoms with Crippen LogP contribution in [0.4, 0.5) is 5.82 Å². The lowest BCUT2D eigenvalue weighted by Gasteiger charge is -2.35. The van der Waals surface area contributed by atoms with E-state index in [0.717, 1.165) is 0 Å². The fraction of sp³-hybridized carbons (Fsp3) is 0.667. The van der Waals surface area contributed by atoms with Crippen LogP contribution in [0, 0.1) is 11.3 Å². The first-order valence-corrected chi connectivity index (χ1v) is 7.71. The summed E-state index contributed by atoms with van der Waals surface area (Å²) < 4.78 is 14.1. The summed E-state index contributed by atoms with van der Waals surface area (Å²) in [6, 6.07) is 0. The first-order chi connectivity index (χ1) is 10.9. The maximum absolute atomic E-state index is 9.97. The largest absolute Gasteiger partial charge is 0.393 e. The number of aromatic nitrogens is 4. The molecule has 0 saturated carbocycles. The van der Waals surface area contributed by atoms with E-state index in [0.29, 0.717) is 23.6 Å². The maximum atomic E-state index is 9.97. The highest BCUT2D eigenvalue weighted by molar-refractivity contribution is 5.81. The van der Waals surface area contributed by atoms with Gasteiger partial charge in [-0.1, -0.05) is 20.8 Å². The van der Waals surface area contributed by atoms with Gasteiger partial charge in [0.15, 0.2) is 17.7 Å². The highest BCUT2D eigenvalue weighted by atomic mass is 16.6. The molecule has 2 aliphatic heterocycles. The quantitative estimate of drug-likeness (QED) is 0.840. The fourth-order valence-electron chi connectivity index (χ4n) is 4.12. The molecule has 2 aromatic heterocycles. The van der Waals surface area contributed by atoms with E-state index in [2.05, 4.69) is 35.7 Å². The first kappa shape index (κ1) is 14.8. The molecule has 4 atom stereocenters. The summed E-state index contributed by atoms with van der Waals surface area (Å²) in [5.74, 6) is 0.406. The lowest BCUT2D eigenvalue weighted by atomic mass is 9.71. The summed E-state index contributed by atoms with van der Waals surface area (Å²) in [5.41, 5.74) is 6.25. The average molecular weight is 319 g/mol. The predicted octanol–water partition coefficient (Wildman–Crippen LogP) is 0.729. The minimum atomic E-state index is -0.692. The third-order valence-electron chi connectivity index (χ3n) is 4.91. The zero-order valence-electron chi connectivity index (χ0n) is 13.4. The number of imidazole rings is 1. The molecule has 4 rings (SSSR count). The van der Waals surface area contributed by atoms with Gasteiger partial charge >= 0.3 is 0 Å². The molecule has 3 unspecified atom stereocenters. The van der Waals surface area contributed by atoms with Crippen LogP contribution in [-0.4, -0.2) is 49.5 Å². The van der Waals surface area contributed by atoms with Gasteiger partial charge in [-0.15, -0.1) is 0 Å². The number of nitrogens with two attached hydrogens (primary N) is 1. The number of hydrogen-bond acceptors (Lipinski definition) is 7. The Hall–Kier alpha value is -1.77. The number of hydrogen-bond donors (Lipinski definition) is 2. The molecule has 2 fully saturated rings. The van der Waals surface area contributed by atoms with Gasteiger partial charge in [0.2, 0.25) is 0 Å². The Bertz CT molecular complexity index is 755. The van der Waals surface area contributed by atoms with Gasteiger partial charge in [-0.2, -0.15) is 0 Å². The number of nitrogens with zero attached hydrogens (tertiary/aromatic N) is 4. The summed E-state index contributed by atoms with van der Waals surface area (Å²) in [5, 5.41) is 9.97. The molecule has 2 saturated heterocycles. The van der Waals surface area contributed by atoms with Crippen LogP contribution in [0.2, 0.25) is 0 Å². The van der Waals surface area contributed by atoms with Crippen molar-refractivity contribution in [3.8, 4) is 0 Å². The summed E-state index contributed by atoms with van der Waals surface area (Å²) in [4.78, 5) is 12.5. The fourth-order valence-corrected chi connectivity index (χ4v) is 4.12. The molecule has 3 N–H and O–H groups in total. The molecule has 4 heterocycles. The molecule has 2 aromatic rings. The van der Waals surface area contributed by atoms with Crippen molar-refractivity contribution < 1.29 is 14.6 Å². The van der Waals surface area contributed by atoms with Gasteiger partial charge in [-0.05, 0) is 5.41 Å². The van der Waals surface area contributed by atoms with Crippen LogP contribution in [0.15, 0.2) is 12.7 Å². The summed E-state index contributed by atoms with van der Waals surface area (Å²) >= 11 is 0. The van der Waals surface area contributed by atoms with Crippen molar-refractivity contribution in [3.05, 3.63) is 12.7 Å².